The van der Waals surface area contributed by atoms with E-state index in [0.29, 0.717) is 0 Å². The van der Waals surface area contributed by atoms with E-state index in [2.05, 4.69) is 20.8 Å². The van der Waals surface area contributed by atoms with E-state index < -0.39 is 0 Å². The van der Waals surface area contributed by atoms with Crippen LogP contribution in [0, 0.1) is 53.3 Å². The molecule has 0 saturated heterocycles. The van der Waals surface area contributed by atoms with Crippen molar-refractivity contribution in [2.24, 2.45) is 53.3 Å². The molecule has 9 unspecified atom stereocenters. The second-order valence-corrected chi connectivity index (χ2v) is 7.89. The number of hydrogen-bond acceptors (Lipinski definition) is 0. The average molecular weight is 232 g/mol. The second kappa shape index (κ2) is 3.52. The van der Waals surface area contributed by atoms with Gasteiger partial charge in [-0.25, -0.2) is 0 Å². The lowest BCUT2D eigenvalue weighted by atomic mass is 9.71. The molecule has 4 fully saturated rings. The Morgan fingerprint density at radius 3 is 1.94 bits per heavy atom. The summed E-state index contributed by atoms with van der Waals surface area (Å²) in [6.07, 6.45) is 7.75. The molecule has 4 aliphatic carbocycles. The Labute approximate surface area is 107 Å². The van der Waals surface area contributed by atoms with Gasteiger partial charge in [0.2, 0.25) is 0 Å². The zero-order chi connectivity index (χ0) is 11.7. The van der Waals surface area contributed by atoms with Crippen LogP contribution in [0.15, 0.2) is 0 Å². The first-order valence-electron chi connectivity index (χ1n) is 8.22. The molecule has 0 spiro atoms. The minimum Gasteiger partial charge on any atom is -0.0651 e. The van der Waals surface area contributed by atoms with Crippen molar-refractivity contribution < 1.29 is 0 Å². The lowest BCUT2D eigenvalue weighted by molar-refractivity contribution is 0.153. The molecule has 0 heteroatoms. The fourth-order valence-electron chi connectivity index (χ4n) is 5.56. The first kappa shape index (κ1) is 10.9. The van der Waals surface area contributed by atoms with E-state index in [9.17, 15) is 0 Å². The minimum atomic E-state index is 1.07. The smallest absolute Gasteiger partial charge is 0.0318 e. The molecule has 0 bridgehead atoms. The molecule has 96 valence electrons. The van der Waals surface area contributed by atoms with E-state index in [1.54, 1.807) is 19.3 Å². The molecule has 9 atom stereocenters. The predicted octanol–water partition coefficient (Wildman–Crippen LogP) is 4.60. The van der Waals surface area contributed by atoms with Gasteiger partial charge in [-0.3, -0.25) is 0 Å². The molecular weight excluding hydrogens is 204 g/mol. The largest absolute Gasteiger partial charge is 0.0651 e. The summed E-state index contributed by atoms with van der Waals surface area (Å²) in [5.41, 5.74) is 0. The van der Waals surface area contributed by atoms with Crippen LogP contribution in [0.2, 0.25) is 0 Å². The maximum absolute atomic E-state index is 2.50. The molecule has 4 aliphatic rings. The molecule has 0 aromatic carbocycles. The molecule has 4 saturated carbocycles. The summed E-state index contributed by atoms with van der Waals surface area (Å²) < 4.78 is 0. The molecule has 17 heavy (non-hydrogen) atoms. The van der Waals surface area contributed by atoms with Gasteiger partial charge in [-0.05, 0) is 72.5 Å². The maximum Gasteiger partial charge on any atom is -0.0318 e. The van der Waals surface area contributed by atoms with Gasteiger partial charge in [0.25, 0.3) is 0 Å². The third kappa shape index (κ3) is 1.55. The van der Waals surface area contributed by atoms with Crippen molar-refractivity contribution in [3.63, 3.8) is 0 Å². The van der Waals surface area contributed by atoms with Crippen molar-refractivity contribution in [3.8, 4) is 0 Å². The fraction of sp³-hybridized carbons (Fsp3) is 1.00. The van der Waals surface area contributed by atoms with Crippen LogP contribution < -0.4 is 0 Å². The van der Waals surface area contributed by atoms with Gasteiger partial charge in [0.05, 0.1) is 0 Å². The fourth-order valence-corrected chi connectivity index (χ4v) is 5.56. The Balaban J connectivity index is 1.39. The summed E-state index contributed by atoms with van der Waals surface area (Å²) in [4.78, 5) is 0. The van der Waals surface area contributed by atoms with Crippen LogP contribution >= 0.6 is 0 Å². The summed E-state index contributed by atoms with van der Waals surface area (Å²) >= 11 is 0. The van der Waals surface area contributed by atoms with E-state index in [0.717, 1.165) is 29.6 Å². The SMILES string of the molecule is CCC1C(C2CCC2C)C1C1CC1C1CC1C. The lowest BCUT2D eigenvalue weighted by Gasteiger charge is -2.35. The van der Waals surface area contributed by atoms with Gasteiger partial charge < -0.3 is 0 Å². The van der Waals surface area contributed by atoms with Crippen molar-refractivity contribution in [2.75, 3.05) is 0 Å². The highest BCUT2D eigenvalue weighted by Gasteiger charge is 2.65. The highest BCUT2D eigenvalue weighted by Crippen LogP contribution is 2.71. The summed E-state index contributed by atoms with van der Waals surface area (Å²) in [6, 6.07) is 0. The van der Waals surface area contributed by atoms with Crippen LogP contribution in [0.4, 0.5) is 0 Å². The molecule has 0 amide bonds. The summed E-state index contributed by atoms with van der Waals surface area (Å²) in [5.74, 6) is 10.3. The van der Waals surface area contributed by atoms with E-state index in [1.165, 1.54) is 36.5 Å². The Hall–Kier alpha value is 0. The van der Waals surface area contributed by atoms with Crippen LogP contribution in [0.25, 0.3) is 0 Å². The highest BCUT2D eigenvalue weighted by atomic mass is 14.7. The Morgan fingerprint density at radius 2 is 1.47 bits per heavy atom. The van der Waals surface area contributed by atoms with Crippen molar-refractivity contribution in [3.05, 3.63) is 0 Å². The third-order valence-electron chi connectivity index (χ3n) is 7.05. The molecule has 0 aromatic heterocycles. The monoisotopic (exact) mass is 232 g/mol. The van der Waals surface area contributed by atoms with Gasteiger partial charge in [0.1, 0.15) is 0 Å². The normalized spacial score (nSPS) is 64.1. The Morgan fingerprint density at radius 1 is 0.765 bits per heavy atom. The Bertz CT molecular complexity index is 320. The first-order chi connectivity index (χ1) is 8.22. The molecule has 0 radical (unpaired) electrons. The van der Waals surface area contributed by atoms with Crippen LogP contribution in [0.3, 0.4) is 0 Å². The molecule has 4 rings (SSSR count). The van der Waals surface area contributed by atoms with Crippen LogP contribution in [0.1, 0.15) is 52.9 Å². The van der Waals surface area contributed by atoms with Crippen molar-refractivity contribution in [1.82, 2.24) is 0 Å². The summed E-state index contributed by atoms with van der Waals surface area (Å²) in [6.45, 7) is 7.41. The zero-order valence-electron chi connectivity index (χ0n) is 11.7. The average Bonchev–Trinajstić information content (AvgIpc) is 3.11. The topological polar surface area (TPSA) is 0 Å². The quantitative estimate of drug-likeness (QED) is 0.664. The van der Waals surface area contributed by atoms with Crippen molar-refractivity contribution in [2.45, 2.75) is 52.9 Å². The highest BCUT2D eigenvalue weighted by molar-refractivity contribution is 5.13. The first-order valence-corrected chi connectivity index (χ1v) is 8.22. The van der Waals surface area contributed by atoms with E-state index >= 15 is 0 Å². The van der Waals surface area contributed by atoms with Gasteiger partial charge in [-0.15, -0.1) is 0 Å². The van der Waals surface area contributed by atoms with Crippen molar-refractivity contribution in [1.29, 1.82) is 0 Å². The van der Waals surface area contributed by atoms with Crippen molar-refractivity contribution >= 4 is 0 Å². The van der Waals surface area contributed by atoms with E-state index in [-0.39, 0.29) is 0 Å². The summed E-state index contributed by atoms with van der Waals surface area (Å²) in [7, 11) is 0. The molecular formula is C17H28. The van der Waals surface area contributed by atoms with Gasteiger partial charge in [0.15, 0.2) is 0 Å². The van der Waals surface area contributed by atoms with Crippen LogP contribution in [-0.4, -0.2) is 0 Å². The zero-order valence-corrected chi connectivity index (χ0v) is 11.7. The second-order valence-electron chi connectivity index (χ2n) is 7.89. The molecule has 0 nitrogen and oxygen atoms in total. The van der Waals surface area contributed by atoms with E-state index in [1.807, 2.05) is 0 Å². The van der Waals surface area contributed by atoms with Gasteiger partial charge in [-0.1, -0.05) is 33.6 Å². The van der Waals surface area contributed by atoms with Gasteiger partial charge in [-0.2, -0.15) is 0 Å². The molecule has 0 heterocycles. The third-order valence-corrected chi connectivity index (χ3v) is 7.05. The lowest BCUT2D eigenvalue weighted by Crippen LogP contribution is -2.26. The molecule has 0 aromatic rings. The van der Waals surface area contributed by atoms with Crippen LogP contribution in [0.5, 0.6) is 0 Å². The number of rotatable bonds is 4. The van der Waals surface area contributed by atoms with Gasteiger partial charge >= 0.3 is 0 Å². The molecule has 0 aliphatic heterocycles. The summed E-state index contributed by atoms with van der Waals surface area (Å²) in [5, 5.41) is 0. The van der Waals surface area contributed by atoms with E-state index in [4.69, 9.17) is 0 Å². The molecule has 0 N–H and O–H groups in total. The predicted molar refractivity (Wildman–Crippen MR) is 71.5 cm³/mol. The Kier molecular flexibility index (Phi) is 2.25. The number of hydrogen-bond donors (Lipinski definition) is 0. The standard InChI is InChI=1S/C17H28/c1-4-11-16(12-6-5-9(12)2)17(11)15-8-14(15)13-7-10(13)3/h9-17H,4-8H2,1-3H3. The minimum absolute atomic E-state index is 1.07. The maximum atomic E-state index is 2.50. The van der Waals surface area contributed by atoms with Crippen LogP contribution in [-0.2, 0) is 0 Å². The van der Waals surface area contributed by atoms with Gasteiger partial charge in [0, 0.05) is 0 Å².